The molecule has 0 bridgehead atoms. The fourth-order valence-corrected chi connectivity index (χ4v) is 4.68. The van der Waals surface area contributed by atoms with Crippen LogP contribution in [0, 0.1) is 13.8 Å². The van der Waals surface area contributed by atoms with Gasteiger partial charge in [-0.1, -0.05) is 6.42 Å². The van der Waals surface area contributed by atoms with Crippen LogP contribution < -0.4 is 0 Å². The van der Waals surface area contributed by atoms with Crippen LogP contribution in [0.4, 0.5) is 0 Å². The second kappa shape index (κ2) is 5.68. The topological polar surface area (TPSA) is 31.2 Å². The summed E-state index contributed by atoms with van der Waals surface area (Å²) in [5.41, 5.74) is 4.34. The smallest absolute Gasteiger partial charge is 0.341 e. The van der Waals surface area contributed by atoms with Crippen LogP contribution in [0.25, 0.3) is 5.00 Å². The van der Waals surface area contributed by atoms with Crippen LogP contribution in [0.5, 0.6) is 0 Å². The number of hydrogen-bond acceptors (Lipinski definition) is 3. The molecule has 2 heterocycles. The molecular weight excluding hydrogens is 282 g/mol. The van der Waals surface area contributed by atoms with E-state index in [0.717, 1.165) is 41.2 Å². The van der Waals surface area contributed by atoms with E-state index in [2.05, 4.69) is 30.5 Å². The van der Waals surface area contributed by atoms with Crippen molar-refractivity contribution in [3.8, 4) is 5.00 Å². The number of nitrogens with zero attached hydrogens (tertiary/aromatic N) is 1. The van der Waals surface area contributed by atoms with E-state index in [-0.39, 0.29) is 5.97 Å². The highest BCUT2D eigenvalue weighted by atomic mass is 32.1. The first kappa shape index (κ1) is 14.4. The van der Waals surface area contributed by atoms with Crippen molar-refractivity contribution >= 4 is 17.3 Å². The van der Waals surface area contributed by atoms with Crippen molar-refractivity contribution < 1.29 is 9.53 Å². The summed E-state index contributed by atoms with van der Waals surface area (Å²) in [7, 11) is 1.47. The van der Waals surface area contributed by atoms with Crippen LogP contribution in [0.2, 0.25) is 0 Å². The highest BCUT2D eigenvalue weighted by Crippen LogP contribution is 2.37. The highest BCUT2D eigenvalue weighted by Gasteiger charge is 2.27. The molecule has 1 aliphatic rings. The normalized spacial score (nSPS) is 14.6. The molecular formula is C17H21NO2S. The van der Waals surface area contributed by atoms with Gasteiger partial charge in [0.15, 0.2) is 0 Å². The van der Waals surface area contributed by atoms with Crippen LogP contribution in [0.3, 0.4) is 0 Å². The Morgan fingerprint density at radius 1 is 1.14 bits per heavy atom. The summed E-state index contributed by atoms with van der Waals surface area (Å²) >= 11 is 1.77. The molecule has 0 unspecified atom stereocenters. The molecule has 21 heavy (non-hydrogen) atoms. The molecule has 0 amide bonds. The van der Waals surface area contributed by atoms with Gasteiger partial charge in [-0.05, 0) is 57.2 Å². The molecule has 0 aliphatic heterocycles. The molecule has 1 aliphatic carbocycles. The van der Waals surface area contributed by atoms with Gasteiger partial charge in [-0.2, -0.15) is 0 Å². The predicted octanol–water partition coefficient (Wildman–Crippen LogP) is 4.21. The Labute approximate surface area is 129 Å². The summed E-state index contributed by atoms with van der Waals surface area (Å²) in [6, 6.07) is 4.20. The maximum atomic E-state index is 12.4. The van der Waals surface area contributed by atoms with Crippen molar-refractivity contribution in [2.75, 3.05) is 7.11 Å². The van der Waals surface area contributed by atoms with Crippen molar-refractivity contribution in [3.05, 3.63) is 39.5 Å². The number of hydrogen-bond donors (Lipinski definition) is 0. The van der Waals surface area contributed by atoms with Gasteiger partial charge in [-0.25, -0.2) is 4.79 Å². The fourth-order valence-electron chi connectivity index (χ4n) is 3.19. The molecule has 0 saturated heterocycles. The summed E-state index contributed by atoms with van der Waals surface area (Å²) in [4.78, 5) is 13.7. The first-order valence-electron chi connectivity index (χ1n) is 7.51. The SMILES string of the molecule is COC(=O)c1c(-n2c(C)ccc2C)sc2c1CCCCC2. The molecule has 0 atom stereocenters. The van der Waals surface area contributed by atoms with Crippen LogP contribution in [-0.2, 0) is 17.6 Å². The number of carbonyl (C=O) groups is 1. The monoisotopic (exact) mass is 303 g/mol. The number of rotatable bonds is 2. The van der Waals surface area contributed by atoms with Gasteiger partial charge >= 0.3 is 5.97 Å². The molecule has 2 aromatic rings. The van der Waals surface area contributed by atoms with Gasteiger partial charge in [0.2, 0.25) is 0 Å². The Kier molecular flexibility index (Phi) is 3.89. The summed E-state index contributed by atoms with van der Waals surface area (Å²) in [6.07, 6.45) is 5.71. The molecule has 0 aromatic carbocycles. The van der Waals surface area contributed by atoms with Crippen LogP contribution in [0.1, 0.15) is 51.4 Å². The van der Waals surface area contributed by atoms with Gasteiger partial charge in [0, 0.05) is 16.3 Å². The summed E-state index contributed by atoms with van der Waals surface area (Å²) < 4.78 is 7.26. The Morgan fingerprint density at radius 2 is 1.81 bits per heavy atom. The van der Waals surface area contributed by atoms with E-state index in [1.54, 1.807) is 11.3 Å². The number of carbonyl (C=O) groups excluding carboxylic acids is 1. The van der Waals surface area contributed by atoms with E-state index in [4.69, 9.17) is 4.74 Å². The third-order valence-corrected chi connectivity index (χ3v) is 5.54. The molecule has 3 rings (SSSR count). The fraction of sp³-hybridized carbons (Fsp3) is 0.471. The van der Waals surface area contributed by atoms with Crippen molar-refractivity contribution in [1.29, 1.82) is 0 Å². The minimum Gasteiger partial charge on any atom is -0.465 e. The van der Waals surface area contributed by atoms with Gasteiger partial charge < -0.3 is 9.30 Å². The maximum absolute atomic E-state index is 12.4. The number of fused-ring (bicyclic) bond motifs is 1. The quantitative estimate of drug-likeness (QED) is 0.614. The molecule has 0 N–H and O–H groups in total. The molecule has 0 saturated carbocycles. The predicted molar refractivity (Wildman–Crippen MR) is 85.7 cm³/mol. The molecule has 2 aromatic heterocycles. The first-order chi connectivity index (χ1) is 10.1. The van der Waals surface area contributed by atoms with Crippen LogP contribution in [-0.4, -0.2) is 17.6 Å². The van der Waals surface area contributed by atoms with Gasteiger partial charge in [0.1, 0.15) is 5.00 Å². The Morgan fingerprint density at radius 3 is 2.48 bits per heavy atom. The van der Waals surface area contributed by atoms with Gasteiger partial charge in [0.25, 0.3) is 0 Å². The third-order valence-electron chi connectivity index (χ3n) is 4.27. The number of ether oxygens (including phenoxy) is 1. The number of thiophene rings is 1. The zero-order chi connectivity index (χ0) is 15.0. The van der Waals surface area contributed by atoms with Crippen molar-refractivity contribution in [3.63, 3.8) is 0 Å². The van der Waals surface area contributed by atoms with Gasteiger partial charge in [0.05, 0.1) is 12.7 Å². The lowest BCUT2D eigenvalue weighted by atomic mass is 10.1. The van der Waals surface area contributed by atoms with E-state index in [0.29, 0.717) is 0 Å². The lowest BCUT2D eigenvalue weighted by Gasteiger charge is -2.10. The zero-order valence-electron chi connectivity index (χ0n) is 12.9. The van der Waals surface area contributed by atoms with Crippen molar-refractivity contribution in [2.24, 2.45) is 0 Å². The van der Waals surface area contributed by atoms with E-state index in [1.807, 2.05) is 0 Å². The van der Waals surface area contributed by atoms with Gasteiger partial charge in [-0.3, -0.25) is 0 Å². The summed E-state index contributed by atoms with van der Waals surface area (Å²) in [5.74, 6) is -0.197. The van der Waals surface area contributed by atoms with Crippen LogP contribution in [0.15, 0.2) is 12.1 Å². The molecule has 0 radical (unpaired) electrons. The van der Waals surface area contributed by atoms with Gasteiger partial charge in [-0.15, -0.1) is 11.3 Å². The first-order valence-corrected chi connectivity index (χ1v) is 8.33. The van der Waals surface area contributed by atoms with Crippen LogP contribution >= 0.6 is 11.3 Å². The lowest BCUT2D eigenvalue weighted by Crippen LogP contribution is -2.09. The largest absolute Gasteiger partial charge is 0.465 e. The average Bonchev–Trinajstić information content (AvgIpc) is 2.89. The second-order valence-corrected chi connectivity index (χ2v) is 6.77. The Hall–Kier alpha value is -1.55. The average molecular weight is 303 g/mol. The number of aromatic nitrogens is 1. The second-order valence-electron chi connectivity index (χ2n) is 5.69. The molecule has 0 fully saturated rings. The molecule has 0 spiro atoms. The number of aryl methyl sites for hydroxylation is 3. The molecule has 112 valence electrons. The summed E-state index contributed by atoms with van der Waals surface area (Å²) in [6.45, 7) is 4.16. The highest BCUT2D eigenvalue weighted by molar-refractivity contribution is 7.15. The minimum atomic E-state index is -0.197. The van der Waals surface area contributed by atoms with E-state index in [1.165, 1.54) is 30.4 Å². The molecule has 4 heteroatoms. The number of esters is 1. The van der Waals surface area contributed by atoms with E-state index >= 15 is 0 Å². The van der Waals surface area contributed by atoms with Crippen molar-refractivity contribution in [1.82, 2.24) is 4.57 Å². The van der Waals surface area contributed by atoms with Crippen molar-refractivity contribution in [2.45, 2.75) is 46.0 Å². The minimum absolute atomic E-state index is 0.197. The van der Waals surface area contributed by atoms with E-state index in [9.17, 15) is 4.79 Å². The zero-order valence-corrected chi connectivity index (χ0v) is 13.7. The number of methoxy groups -OCH3 is 1. The Balaban J connectivity index is 2.23. The lowest BCUT2D eigenvalue weighted by molar-refractivity contribution is 0.0600. The van der Waals surface area contributed by atoms with E-state index < -0.39 is 0 Å². The maximum Gasteiger partial charge on any atom is 0.341 e. The Bertz CT molecular complexity index is 662. The standard InChI is InChI=1S/C17H21NO2S/c1-11-9-10-12(2)18(11)16-15(17(19)20-3)13-7-5-4-6-8-14(13)21-16/h9-10H,4-8H2,1-3H3. The summed E-state index contributed by atoms with van der Waals surface area (Å²) in [5, 5.41) is 1.04. The third kappa shape index (κ3) is 2.42. The molecule has 3 nitrogen and oxygen atoms in total.